The number of carbonyl (C=O) groups excluding carboxylic acids is 1. The number of Topliss-reactive ketones (excluding diaryl/α,β-unsaturated/α-hetero) is 1. The van der Waals surface area contributed by atoms with Crippen LogP contribution in [0.25, 0.3) is 0 Å². The Morgan fingerprint density at radius 2 is 2.17 bits per heavy atom. The third-order valence-electron chi connectivity index (χ3n) is 4.39. The molecule has 122 valence electrons. The summed E-state index contributed by atoms with van der Waals surface area (Å²) in [7, 11) is 0. The highest BCUT2D eigenvalue weighted by atomic mass is 16.5. The average molecular weight is 313 g/mol. The average Bonchev–Trinajstić information content (AvgIpc) is 2.99. The molecule has 1 aliphatic rings. The highest BCUT2D eigenvalue weighted by Crippen LogP contribution is 2.20. The Kier molecular flexibility index (Phi) is 5.18. The molecular weight excluding hydrogens is 290 g/mol. The van der Waals surface area contributed by atoms with Gasteiger partial charge in [0.15, 0.2) is 11.6 Å². The van der Waals surface area contributed by atoms with Gasteiger partial charge in [0.05, 0.1) is 0 Å². The van der Waals surface area contributed by atoms with Crippen LogP contribution in [-0.4, -0.2) is 40.5 Å². The minimum absolute atomic E-state index is 0.224. The van der Waals surface area contributed by atoms with Crippen LogP contribution in [0.2, 0.25) is 0 Å². The first-order valence-electron chi connectivity index (χ1n) is 8.30. The smallest absolute Gasteiger partial charge is 0.223 e. The number of aryl methyl sites for hydroxylation is 1. The van der Waals surface area contributed by atoms with E-state index in [1.807, 2.05) is 37.3 Å². The highest BCUT2D eigenvalue weighted by Gasteiger charge is 2.22. The van der Waals surface area contributed by atoms with Crippen LogP contribution in [0.3, 0.4) is 0 Å². The molecule has 23 heavy (non-hydrogen) atoms. The topological polar surface area (TPSA) is 59.2 Å². The standard InChI is InChI=1S/C18H23N3O2/c1-14-19-18(20-23-14)12-15-6-5-10-21(13-15)11-9-17(22)16-7-3-2-4-8-16/h2-4,7-8,15H,5-6,9-13H2,1H3/t15-/m1/s1. The Labute approximate surface area is 136 Å². The van der Waals surface area contributed by atoms with Crippen molar-refractivity contribution < 1.29 is 9.32 Å². The van der Waals surface area contributed by atoms with Gasteiger partial charge in [-0.3, -0.25) is 4.79 Å². The van der Waals surface area contributed by atoms with Crippen molar-refractivity contribution in [2.24, 2.45) is 5.92 Å². The van der Waals surface area contributed by atoms with Crippen LogP contribution in [0.15, 0.2) is 34.9 Å². The van der Waals surface area contributed by atoms with Crippen LogP contribution >= 0.6 is 0 Å². The molecule has 1 aromatic heterocycles. The van der Waals surface area contributed by atoms with Gasteiger partial charge in [-0.05, 0) is 25.3 Å². The fourth-order valence-corrected chi connectivity index (χ4v) is 3.23. The normalized spacial score (nSPS) is 18.9. The lowest BCUT2D eigenvalue weighted by Gasteiger charge is -2.32. The third kappa shape index (κ3) is 4.48. The lowest BCUT2D eigenvalue weighted by molar-refractivity contribution is 0.0945. The summed E-state index contributed by atoms with van der Waals surface area (Å²) in [5.41, 5.74) is 0.809. The molecule has 3 rings (SSSR count). The molecule has 0 radical (unpaired) electrons. The van der Waals surface area contributed by atoms with Crippen molar-refractivity contribution in [3.8, 4) is 0 Å². The maximum Gasteiger partial charge on any atom is 0.223 e. The maximum atomic E-state index is 12.2. The number of benzene rings is 1. The van der Waals surface area contributed by atoms with Crippen molar-refractivity contribution >= 4 is 5.78 Å². The SMILES string of the molecule is Cc1nc(C[C@H]2CCCN(CCC(=O)c3ccccc3)C2)no1. The Morgan fingerprint density at radius 3 is 2.91 bits per heavy atom. The van der Waals surface area contributed by atoms with E-state index in [4.69, 9.17) is 4.52 Å². The Bertz CT molecular complexity index is 639. The maximum absolute atomic E-state index is 12.2. The minimum Gasteiger partial charge on any atom is -0.340 e. The van der Waals surface area contributed by atoms with E-state index in [0.717, 1.165) is 37.4 Å². The van der Waals surface area contributed by atoms with E-state index < -0.39 is 0 Å². The molecule has 0 bridgehead atoms. The summed E-state index contributed by atoms with van der Waals surface area (Å²) in [6, 6.07) is 9.54. The molecule has 1 atom stereocenters. The largest absolute Gasteiger partial charge is 0.340 e. The van der Waals surface area contributed by atoms with Crippen LogP contribution in [-0.2, 0) is 6.42 Å². The second-order valence-corrected chi connectivity index (χ2v) is 6.28. The summed E-state index contributed by atoms with van der Waals surface area (Å²) in [5, 5.41) is 3.99. The molecule has 5 heteroatoms. The second kappa shape index (κ2) is 7.51. The van der Waals surface area contributed by atoms with E-state index in [2.05, 4.69) is 15.0 Å². The molecule has 5 nitrogen and oxygen atoms in total. The molecule has 2 aromatic rings. The predicted molar refractivity (Wildman–Crippen MR) is 87.3 cm³/mol. The molecule has 1 aliphatic heterocycles. The van der Waals surface area contributed by atoms with Gasteiger partial charge < -0.3 is 9.42 Å². The fraction of sp³-hybridized carbons (Fsp3) is 0.500. The van der Waals surface area contributed by atoms with E-state index in [-0.39, 0.29) is 5.78 Å². The number of rotatable bonds is 6. The van der Waals surface area contributed by atoms with Gasteiger partial charge in [0.1, 0.15) is 0 Å². The molecule has 0 saturated carbocycles. The van der Waals surface area contributed by atoms with E-state index in [1.54, 1.807) is 0 Å². The number of ketones is 1. The van der Waals surface area contributed by atoms with Crippen LogP contribution in [0.4, 0.5) is 0 Å². The molecule has 1 aromatic carbocycles. The van der Waals surface area contributed by atoms with Crippen LogP contribution < -0.4 is 0 Å². The van der Waals surface area contributed by atoms with Gasteiger partial charge in [-0.25, -0.2) is 0 Å². The lowest BCUT2D eigenvalue weighted by Crippen LogP contribution is -2.37. The summed E-state index contributed by atoms with van der Waals surface area (Å²) in [4.78, 5) is 18.9. The van der Waals surface area contributed by atoms with Crippen LogP contribution in [0.1, 0.15) is 41.3 Å². The summed E-state index contributed by atoms with van der Waals surface area (Å²) >= 11 is 0. The van der Waals surface area contributed by atoms with Crippen molar-refractivity contribution in [3.63, 3.8) is 0 Å². The zero-order valence-corrected chi connectivity index (χ0v) is 13.6. The second-order valence-electron chi connectivity index (χ2n) is 6.28. The van der Waals surface area contributed by atoms with E-state index >= 15 is 0 Å². The molecule has 0 unspecified atom stereocenters. The van der Waals surface area contributed by atoms with Crippen molar-refractivity contribution in [1.82, 2.24) is 15.0 Å². The van der Waals surface area contributed by atoms with Gasteiger partial charge in [0.2, 0.25) is 5.89 Å². The first kappa shape index (κ1) is 15.9. The number of piperidine rings is 1. The number of aromatic nitrogens is 2. The molecule has 0 N–H and O–H groups in total. The van der Waals surface area contributed by atoms with Gasteiger partial charge in [0, 0.05) is 38.4 Å². The predicted octanol–water partition coefficient (Wildman–Crippen LogP) is 2.91. The molecule has 1 fully saturated rings. The molecule has 0 aliphatic carbocycles. The molecular formula is C18H23N3O2. The van der Waals surface area contributed by atoms with Gasteiger partial charge in [-0.2, -0.15) is 4.98 Å². The van der Waals surface area contributed by atoms with Crippen LogP contribution in [0.5, 0.6) is 0 Å². The van der Waals surface area contributed by atoms with E-state index in [1.165, 1.54) is 12.8 Å². The number of carbonyl (C=O) groups is 1. The molecule has 2 heterocycles. The van der Waals surface area contributed by atoms with Gasteiger partial charge >= 0.3 is 0 Å². The summed E-state index contributed by atoms with van der Waals surface area (Å²) in [6.45, 7) is 4.73. The third-order valence-corrected chi connectivity index (χ3v) is 4.39. The number of nitrogens with zero attached hydrogens (tertiary/aromatic N) is 3. The first-order valence-corrected chi connectivity index (χ1v) is 8.30. The summed E-state index contributed by atoms with van der Waals surface area (Å²) in [6.07, 6.45) is 3.80. The van der Waals surface area contributed by atoms with Crippen LogP contribution in [0, 0.1) is 12.8 Å². The Balaban J connectivity index is 1.48. The molecule has 0 spiro atoms. The Morgan fingerprint density at radius 1 is 1.35 bits per heavy atom. The van der Waals surface area contributed by atoms with Crippen molar-refractivity contribution in [2.45, 2.75) is 32.6 Å². The van der Waals surface area contributed by atoms with E-state index in [0.29, 0.717) is 18.2 Å². The van der Waals surface area contributed by atoms with Gasteiger partial charge in [-0.1, -0.05) is 35.5 Å². The van der Waals surface area contributed by atoms with Gasteiger partial charge in [0.25, 0.3) is 0 Å². The lowest BCUT2D eigenvalue weighted by atomic mass is 9.94. The number of hydrogen-bond donors (Lipinski definition) is 0. The highest BCUT2D eigenvalue weighted by molar-refractivity contribution is 5.96. The zero-order valence-electron chi connectivity index (χ0n) is 13.6. The van der Waals surface area contributed by atoms with Crippen molar-refractivity contribution in [3.05, 3.63) is 47.6 Å². The quantitative estimate of drug-likeness (QED) is 0.767. The molecule has 0 amide bonds. The van der Waals surface area contributed by atoms with Gasteiger partial charge in [-0.15, -0.1) is 0 Å². The fourth-order valence-electron chi connectivity index (χ4n) is 3.23. The first-order chi connectivity index (χ1) is 11.2. The Hall–Kier alpha value is -2.01. The molecule has 1 saturated heterocycles. The number of hydrogen-bond acceptors (Lipinski definition) is 5. The van der Waals surface area contributed by atoms with Crippen molar-refractivity contribution in [1.29, 1.82) is 0 Å². The summed E-state index contributed by atoms with van der Waals surface area (Å²) in [5.74, 6) is 2.20. The summed E-state index contributed by atoms with van der Waals surface area (Å²) < 4.78 is 5.04. The van der Waals surface area contributed by atoms with E-state index in [9.17, 15) is 4.79 Å². The number of likely N-dealkylation sites (tertiary alicyclic amines) is 1. The zero-order chi connectivity index (χ0) is 16.1. The minimum atomic E-state index is 0.224. The monoisotopic (exact) mass is 313 g/mol. The van der Waals surface area contributed by atoms with Crippen molar-refractivity contribution in [2.75, 3.05) is 19.6 Å².